The highest BCUT2D eigenvalue weighted by molar-refractivity contribution is 5.98. The first-order chi connectivity index (χ1) is 12.7. The van der Waals surface area contributed by atoms with Crippen molar-refractivity contribution in [3.8, 4) is 0 Å². The molecule has 0 heterocycles. The Morgan fingerprint density at radius 2 is 1.15 bits per heavy atom. The summed E-state index contributed by atoms with van der Waals surface area (Å²) in [6, 6.07) is 23.3. The van der Waals surface area contributed by atoms with Gasteiger partial charge in [-0.25, -0.2) is 8.78 Å². The fourth-order valence-electron chi connectivity index (χ4n) is 3.15. The van der Waals surface area contributed by atoms with Crippen molar-refractivity contribution in [1.29, 1.82) is 0 Å². The Morgan fingerprint density at radius 1 is 0.654 bits per heavy atom. The summed E-state index contributed by atoms with van der Waals surface area (Å²) in [4.78, 5) is 0. The normalized spacial score (nSPS) is 10.6. The van der Waals surface area contributed by atoms with E-state index in [4.69, 9.17) is 0 Å². The second-order valence-electron chi connectivity index (χ2n) is 6.34. The van der Waals surface area contributed by atoms with Crippen molar-refractivity contribution in [3.05, 3.63) is 107 Å². The molecule has 0 aliphatic heterocycles. The van der Waals surface area contributed by atoms with Crippen LogP contribution >= 0.6 is 0 Å². The zero-order valence-corrected chi connectivity index (χ0v) is 14.9. The van der Waals surface area contributed by atoms with Crippen molar-refractivity contribution in [2.24, 2.45) is 0 Å². The fourth-order valence-corrected chi connectivity index (χ4v) is 3.15. The Kier molecular flexibility index (Phi) is 5.96. The molecule has 3 aromatic rings. The summed E-state index contributed by atoms with van der Waals surface area (Å²) < 4.78 is 26.9. The van der Waals surface area contributed by atoms with E-state index in [1.165, 1.54) is 29.8 Å². The van der Waals surface area contributed by atoms with E-state index in [2.05, 4.69) is 19.1 Å². The summed E-state index contributed by atoms with van der Waals surface area (Å²) in [6.45, 7) is 2.16. The number of hydrogen-bond acceptors (Lipinski definition) is 0. The highest BCUT2D eigenvalue weighted by Gasteiger charge is 2.14. The molecule has 0 bridgehead atoms. The van der Waals surface area contributed by atoms with Crippen LogP contribution in [0.5, 0.6) is 0 Å². The Bertz CT molecular complexity index is 813. The third-order valence-corrected chi connectivity index (χ3v) is 4.47. The summed E-state index contributed by atoms with van der Waals surface area (Å²) in [7, 11) is 0. The third-order valence-electron chi connectivity index (χ3n) is 4.47. The lowest BCUT2D eigenvalue weighted by Gasteiger charge is -2.17. The van der Waals surface area contributed by atoms with Gasteiger partial charge >= 0.3 is 0 Å². The third kappa shape index (κ3) is 4.26. The Labute approximate surface area is 153 Å². The minimum Gasteiger partial charge on any atom is -0.207 e. The van der Waals surface area contributed by atoms with E-state index in [-0.39, 0.29) is 11.6 Å². The van der Waals surface area contributed by atoms with Gasteiger partial charge in [0.15, 0.2) is 0 Å². The number of rotatable bonds is 6. The van der Waals surface area contributed by atoms with E-state index in [1.54, 1.807) is 24.3 Å². The molecule has 0 spiro atoms. The van der Waals surface area contributed by atoms with Crippen molar-refractivity contribution in [2.45, 2.75) is 26.2 Å². The Hall–Kier alpha value is -2.74. The van der Waals surface area contributed by atoms with Crippen LogP contribution < -0.4 is 0 Å². The van der Waals surface area contributed by atoms with Crippen molar-refractivity contribution in [1.82, 2.24) is 0 Å². The molecular weight excluding hydrogens is 326 g/mol. The van der Waals surface area contributed by atoms with Crippen LogP contribution in [0.25, 0.3) is 11.1 Å². The molecule has 26 heavy (non-hydrogen) atoms. The molecule has 0 amide bonds. The molecule has 0 N–H and O–H groups in total. The zero-order valence-electron chi connectivity index (χ0n) is 14.9. The number of unbranched alkanes of at least 4 members (excludes halogenated alkanes) is 1. The van der Waals surface area contributed by atoms with Gasteiger partial charge in [-0.2, -0.15) is 0 Å². The molecule has 3 aromatic carbocycles. The Balaban J connectivity index is 2.25. The van der Waals surface area contributed by atoms with Crippen LogP contribution in [0.1, 0.15) is 42.9 Å². The Morgan fingerprint density at radius 3 is 1.62 bits per heavy atom. The van der Waals surface area contributed by atoms with Gasteiger partial charge in [0.25, 0.3) is 0 Å². The van der Waals surface area contributed by atoms with E-state index < -0.39 is 0 Å². The summed E-state index contributed by atoms with van der Waals surface area (Å²) in [5.41, 5.74) is 5.25. The average Bonchev–Trinajstić information content (AvgIpc) is 2.68. The van der Waals surface area contributed by atoms with Gasteiger partial charge in [0, 0.05) is 0 Å². The van der Waals surface area contributed by atoms with Gasteiger partial charge < -0.3 is 0 Å². The predicted molar refractivity (Wildman–Crippen MR) is 105 cm³/mol. The van der Waals surface area contributed by atoms with Crippen LogP contribution in [0.2, 0.25) is 0 Å². The van der Waals surface area contributed by atoms with Crippen LogP contribution in [-0.4, -0.2) is 0 Å². The van der Waals surface area contributed by atoms with E-state index in [9.17, 15) is 8.78 Å². The lowest BCUT2D eigenvalue weighted by molar-refractivity contribution is 0.627. The van der Waals surface area contributed by atoms with E-state index in [0.717, 1.165) is 41.5 Å². The topological polar surface area (TPSA) is 0 Å². The first kappa shape index (κ1) is 18.1. The summed E-state index contributed by atoms with van der Waals surface area (Å²) >= 11 is 0. The highest BCUT2D eigenvalue weighted by Crippen LogP contribution is 2.35. The maximum Gasteiger partial charge on any atom is 0.123 e. The molecule has 0 saturated heterocycles. The van der Waals surface area contributed by atoms with Crippen LogP contribution in [-0.2, 0) is 0 Å². The minimum absolute atomic E-state index is 0.262. The highest BCUT2D eigenvalue weighted by atomic mass is 19.1. The molecular formula is C24H22F2. The average molecular weight is 348 g/mol. The number of hydrogen-bond donors (Lipinski definition) is 0. The summed E-state index contributed by atoms with van der Waals surface area (Å²) in [5.74, 6) is -0.524. The summed E-state index contributed by atoms with van der Waals surface area (Å²) in [6.07, 6.45) is 3.04. The zero-order chi connectivity index (χ0) is 18.4. The molecule has 0 aliphatic carbocycles. The van der Waals surface area contributed by atoms with Gasteiger partial charge in [0.05, 0.1) is 0 Å². The minimum atomic E-state index is -0.262. The van der Waals surface area contributed by atoms with Gasteiger partial charge in [0.1, 0.15) is 11.6 Å². The quantitative estimate of drug-likeness (QED) is 0.416. The molecule has 0 radical (unpaired) electrons. The van der Waals surface area contributed by atoms with Gasteiger partial charge in [-0.05, 0) is 64.9 Å². The van der Waals surface area contributed by atoms with Crippen LogP contribution in [0, 0.1) is 11.6 Å². The molecule has 0 aromatic heterocycles. The monoisotopic (exact) mass is 348 g/mol. The molecule has 0 atom stereocenters. The maximum atomic E-state index is 13.5. The SMILES string of the molecule is CCCCC(=C(c1ccc(F)cc1)c1ccc(F)cc1)c1ccccc1. The van der Waals surface area contributed by atoms with E-state index in [1.807, 2.05) is 18.2 Å². The second kappa shape index (κ2) is 8.57. The maximum absolute atomic E-state index is 13.5. The van der Waals surface area contributed by atoms with Crippen molar-refractivity contribution in [3.63, 3.8) is 0 Å². The predicted octanol–water partition coefficient (Wildman–Crippen LogP) is 7.11. The number of benzene rings is 3. The van der Waals surface area contributed by atoms with E-state index >= 15 is 0 Å². The number of allylic oxidation sites excluding steroid dienone is 1. The lowest BCUT2D eigenvalue weighted by atomic mass is 9.87. The standard InChI is InChI=1S/C24H22F2/c1-2-3-9-23(18-7-5-4-6-8-18)24(19-10-14-21(25)15-11-19)20-12-16-22(26)17-13-20/h4-8,10-17H,2-3,9H2,1H3. The van der Waals surface area contributed by atoms with Gasteiger partial charge in [0.2, 0.25) is 0 Å². The summed E-state index contributed by atoms with van der Waals surface area (Å²) in [5, 5.41) is 0. The molecule has 0 unspecified atom stereocenters. The van der Waals surface area contributed by atoms with Crippen molar-refractivity contribution >= 4 is 11.1 Å². The first-order valence-corrected chi connectivity index (χ1v) is 8.99. The van der Waals surface area contributed by atoms with E-state index in [0.29, 0.717) is 0 Å². The lowest BCUT2D eigenvalue weighted by Crippen LogP contribution is -1.96. The molecule has 2 heteroatoms. The molecule has 132 valence electrons. The van der Waals surface area contributed by atoms with Gasteiger partial charge in [-0.1, -0.05) is 67.9 Å². The second-order valence-corrected chi connectivity index (χ2v) is 6.34. The molecule has 0 fully saturated rings. The molecule has 0 saturated carbocycles. The largest absolute Gasteiger partial charge is 0.207 e. The first-order valence-electron chi connectivity index (χ1n) is 8.99. The van der Waals surface area contributed by atoms with Gasteiger partial charge in [-0.15, -0.1) is 0 Å². The van der Waals surface area contributed by atoms with Gasteiger partial charge in [-0.3, -0.25) is 0 Å². The van der Waals surface area contributed by atoms with Crippen molar-refractivity contribution in [2.75, 3.05) is 0 Å². The van der Waals surface area contributed by atoms with Crippen molar-refractivity contribution < 1.29 is 8.78 Å². The number of halogens is 2. The smallest absolute Gasteiger partial charge is 0.123 e. The van der Waals surface area contributed by atoms with Crippen LogP contribution in [0.15, 0.2) is 78.9 Å². The molecule has 0 nitrogen and oxygen atoms in total. The van der Waals surface area contributed by atoms with Crippen LogP contribution in [0.3, 0.4) is 0 Å². The molecule has 3 rings (SSSR count). The fraction of sp³-hybridized carbons (Fsp3) is 0.167. The van der Waals surface area contributed by atoms with Crippen LogP contribution in [0.4, 0.5) is 8.78 Å². The molecule has 0 aliphatic rings.